The summed E-state index contributed by atoms with van der Waals surface area (Å²) in [5.74, 6) is 1.09. The Morgan fingerprint density at radius 1 is 0.929 bits per heavy atom. The first-order valence-electron chi connectivity index (χ1n) is 8.81. The van der Waals surface area contributed by atoms with Crippen LogP contribution in [0, 0.1) is 13.8 Å². The number of hydrogen-bond donors (Lipinski definition) is 2. The van der Waals surface area contributed by atoms with Crippen LogP contribution in [-0.2, 0) is 10.0 Å². The smallest absolute Gasteiger partial charge is 0.261 e. The quantitative estimate of drug-likeness (QED) is 0.624. The van der Waals surface area contributed by atoms with E-state index in [0.29, 0.717) is 29.7 Å². The second-order valence-corrected chi connectivity index (χ2v) is 7.87. The van der Waals surface area contributed by atoms with Crippen molar-refractivity contribution in [1.82, 2.24) is 9.97 Å². The fourth-order valence-electron chi connectivity index (χ4n) is 2.67. The highest BCUT2D eigenvalue weighted by Gasteiger charge is 2.14. The van der Waals surface area contributed by atoms with Gasteiger partial charge >= 0.3 is 0 Å². The van der Waals surface area contributed by atoms with Crippen molar-refractivity contribution in [3.63, 3.8) is 0 Å². The fourth-order valence-corrected chi connectivity index (χ4v) is 3.72. The van der Waals surface area contributed by atoms with Crippen LogP contribution in [0.15, 0.2) is 59.5 Å². The van der Waals surface area contributed by atoms with Gasteiger partial charge in [0.05, 0.1) is 17.2 Å². The van der Waals surface area contributed by atoms with Gasteiger partial charge in [-0.15, -0.1) is 0 Å². The van der Waals surface area contributed by atoms with E-state index in [1.807, 2.05) is 32.9 Å². The summed E-state index contributed by atoms with van der Waals surface area (Å²) in [6, 6.07) is 15.1. The molecule has 0 radical (unpaired) electrons. The van der Waals surface area contributed by atoms with Gasteiger partial charge in [0.1, 0.15) is 5.75 Å². The van der Waals surface area contributed by atoms with E-state index in [0.717, 1.165) is 11.4 Å². The summed E-state index contributed by atoms with van der Waals surface area (Å²) >= 11 is 0. The number of benzene rings is 2. The molecule has 0 aliphatic carbocycles. The van der Waals surface area contributed by atoms with Crippen LogP contribution in [0.2, 0.25) is 0 Å². The van der Waals surface area contributed by atoms with Gasteiger partial charge in [0.15, 0.2) is 0 Å². The van der Waals surface area contributed by atoms with E-state index in [2.05, 4.69) is 20.0 Å². The fraction of sp³-hybridized carbons (Fsp3) is 0.200. The molecule has 0 amide bonds. The molecule has 1 aromatic heterocycles. The molecule has 146 valence electrons. The van der Waals surface area contributed by atoms with Crippen LogP contribution in [-0.4, -0.2) is 25.0 Å². The van der Waals surface area contributed by atoms with Crippen LogP contribution < -0.4 is 14.8 Å². The molecule has 0 bridgehead atoms. The number of hydrogen-bond acceptors (Lipinski definition) is 6. The molecular weight excluding hydrogens is 376 g/mol. The zero-order chi connectivity index (χ0) is 20.1. The molecule has 28 heavy (non-hydrogen) atoms. The molecule has 0 spiro atoms. The highest BCUT2D eigenvalue weighted by molar-refractivity contribution is 7.92. The average Bonchev–Trinajstić information content (AvgIpc) is 2.61. The average molecular weight is 398 g/mol. The third-order valence-corrected chi connectivity index (χ3v) is 5.20. The molecule has 2 N–H and O–H groups in total. The third-order valence-electron chi connectivity index (χ3n) is 3.80. The van der Waals surface area contributed by atoms with E-state index in [1.165, 1.54) is 12.1 Å². The van der Waals surface area contributed by atoms with Crippen molar-refractivity contribution in [2.45, 2.75) is 25.7 Å². The maximum Gasteiger partial charge on any atom is 0.261 e. The van der Waals surface area contributed by atoms with Crippen LogP contribution >= 0.6 is 0 Å². The number of aromatic nitrogens is 2. The van der Waals surface area contributed by atoms with Crippen molar-refractivity contribution in [3.8, 4) is 5.75 Å². The van der Waals surface area contributed by atoms with E-state index in [1.54, 1.807) is 30.3 Å². The van der Waals surface area contributed by atoms with Crippen LogP contribution in [0.3, 0.4) is 0 Å². The highest BCUT2D eigenvalue weighted by Crippen LogP contribution is 2.22. The first-order chi connectivity index (χ1) is 13.4. The number of nitrogens with zero attached hydrogens (tertiary/aromatic N) is 2. The highest BCUT2D eigenvalue weighted by atomic mass is 32.2. The van der Waals surface area contributed by atoms with Gasteiger partial charge in [0, 0.05) is 17.1 Å². The van der Waals surface area contributed by atoms with E-state index >= 15 is 0 Å². The minimum absolute atomic E-state index is 0.159. The standard InChI is InChI=1S/C20H22N4O3S/c1-4-27-18-8-10-19(11-9-18)28(25,26)24-17-7-5-6-16(13-17)23-20-21-14(2)12-15(3)22-20/h5-13,24H,4H2,1-3H3,(H,21,22,23). The van der Waals surface area contributed by atoms with E-state index in [9.17, 15) is 8.42 Å². The lowest BCUT2D eigenvalue weighted by molar-refractivity contribution is 0.340. The number of anilines is 3. The van der Waals surface area contributed by atoms with Crippen LogP contribution in [0.1, 0.15) is 18.3 Å². The number of ether oxygens (including phenoxy) is 1. The van der Waals surface area contributed by atoms with Crippen molar-refractivity contribution in [1.29, 1.82) is 0 Å². The Kier molecular flexibility index (Phi) is 5.79. The van der Waals surface area contributed by atoms with Gasteiger partial charge in [-0.3, -0.25) is 4.72 Å². The normalized spacial score (nSPS) is 11.1. The maximum absolute atomic E-state index is 12.6. The van der Waals surface area contributed by atoms with Gasteiger partial charge in [-0.05, 0) is 69.3 Å². The van der Waals surface area contributed by atoms with Gasteiger partial charge in [-0.1, -0.05) is 6.07 Å². The number of nitrogens with one attached hydrogen (secondary N) is 2. The predicted octanol–water partition coefficient (Wildman–Crippen LogP) is 4.04. The van der Waals surface area contributed by atoms with Gasteiger partial charge in [-0.2, -0.15) is 0 Å². The summed E-state index contributed by atoms with van der Waals surface area (Å²) in [5, 5.41) is 3.10. The minimum Gasteiger partial charge on any atom is -0.494 e. The SMILES string of the molecule is CCOc1ccc(S(=O)(=O)Nc2cccc(Nc3nc(C)cc(C)n3)c2)cc1. The van der Waals surface area contributed by atoms with Crippen molar-refractivity contribution in [2.24, 2.45) is 0 Å². The molecule has 3 rings (SSSR count). The molecule has 0 unspecified atom stereocenters. The third kappa shape index (κ3) is 4.98. The lowest BCUT2D eigenvalue weighted by Gasteiger charge is -2.11. The van der Waals surface area contributed by atoms with Crippen molar-refractivity contribution < 1.29 is 13.2 Å². The number of rotatable bonds is 7. The summed E-state index contributed by atoms with van der Waals surface area (Å²) in [6.45, 7) is 6.17. The topological polar surface area (TPSA) is 93.2 Å². The molecule has 3 aromatic rings. The van der Waals surface area contributed by atoms with Gasteiger partial charge in [0.25, 0.3) is 10.0 Å². The molecule has 0 aliphatic rings. The molecule has 7 nitrogen and oxygen atoms in total. The van der Waals surface area contributed by atoms with E-state index < -0.39 is 10.0 Å². The van der Waals surface area contributed by atoms with Crippen LogP contribution in [0.4, 0.5) is 17.3 Å². The van der Waals surface area contributed by atoms with Crippen LogP contribution in [0.5, 0.6) is 5.75 Å². The summed E-state index contributed by atoms with van der Waals surface area (Å²) < 4.78 is 33.2. The summed E-state index contributed by atoms with van der Waals surface area (Å²) in [7, 11) is -3.71. The monoisotopic (exact) mass is 398 g/mol. The Balaban J connectivity index is 1.77. The molecule has 0 atom stereocenters. The van der Waals surface area contributed by atoms with Crippen molar-refractivity contribution in [2.75, 3.05) is 16.6 Å². The number of sulfonamides is 1. The molecule has 8 heteroatoms. The van der Waals surface area contributed by atoms with Crippen LogP contribution in [0.25, 0.3) is 0 Å². The van der Waals surface area contributed by atoms with Gasteiger partial charge in [0.2, 0.25) is 5.95 Å². The van der Waals surface area contributed by atoms with Gasteiger partial charge < -0.3 is 10.1 Å². The Hall–Kier alpha value is -3.13. The lowest BCUT2D eigenvalue weighted by atomic mass is 10.3. The Labute approximate surface area is 164 Å². The summed E-state index contributed by atoms with van der Waals surface area (Å²) in [6.07, 6.45) is 0. The molecule has 0 fully saturated rings. The first kappa shape index (κ1) is 19.6. The molecule has 0 saturated heterocycles. The minimum atomic E-state index is -3.71. The Morgan fingerprint density at radius 2 is 1.57 bits per heavy atom. The molecule has 0 aliphatic heterocycles. The van der Waals surface area contributed by atoms with Crippen molar-refractivity contribution >= 4 is 27.3 Å². The largest absolute Gasteiger partial charge is 0.494 e. The second-order valence-electron chi connectivity index (χ2n) is 6.19. The van der Waals surface area contributed by atoms with E-state index in [-0.39, 0.29) is 4.90 Å². The predicted molar refractivity (Wildman–Crippen MR) is 110 cm³/mol. The van der Waals surface area contributed by atoms with Crippen molar-refractivity contribution in [3.05, 3.63) is 66.0 Å². The lowest BCUT2D eigenvalue weighted by Crippen LogP contribution is -2.13. The summed E-state index contributed by atoms with van der Waals surface area (Å²) in [5.41, 5.74) is 2.81. The zero-order valence-electron chi connectivity index (χ0n) is 15.9. The number of aryl methyl sites for hydroxylation is 2. The first-order valence-corrected chi connectivity index (χ1v) is 10.3. The Morgan fingerprint density at radius 3 is 2.21 bits per heavy atom. The molecule has 0 saturated carbocycles. The van der Waals surface area contributed by atoms with Gasteiger partial charge in [-0.25, -0.2) is 18.4 Å². The Bertz CT molecular complexity index is 1050. The summed E-state index contributed by atoms with van der Waals surface area (Å²) in [4.78, 5) is 8.82. The maximum atomic E-state index is 12.6. The molecular formula is C20H22N4O3S. The zero-order valence-corrected chi connectivity index (χ0v) is 16.7. The van der Waals surface area contributed by atoms with E-state index in [4.69, 9.17) is 4.74 Å². The molecule has 2 aromatic carbocycles. The molecule has 1 heterocycles. The second kappa shape index (κ2) is 8.26.